The fraction of sp³-hybridized carbons (Fsp3) is 0.857. The number of amides is 1. The third-order valence-corrected chi connectivity index (χ3v) is 4.56. The highest BCUT2D eigenvalue weighted by atomic mass is 16.5. The van der Waals surface area contributed by atoms with E-state index in [9.17, 15) is 9.59 Å². The molecule has 0 aromatic rings. The Morgan fingerprint density at radius 1 is 1.35 bits per heavy atom. The molecule has 2 rings (SSSR count). The number of nitrogens with two attached hydrogens (primary N) is 1. The zero-order chi connectivity index (χ0) is 14.6. The molecule has 0 spiro atoms. The Morgan fingerprint density at radius 3 is 2.65 bits per heavy atom. The molecule has 1 atom stereocenters. The van der Waals surface area contributed by atoms with Gasteiger partial charge in [0.25, 0.3) is 0 Å². The summed E-state index contributed by atoms with van der Waals surface area (Å²) >= 11 is 0. The Balaban J connectivity index is 2.01. The number of ether oxygens (including phenoxy) is 1. The van der Waals surface area contributed by atoms with Gasteiger partial charge in [-0.15, -0.1) is 0 Å². The molecule has 3 N–H and O–H groups in total. The largest absolute Gasteiger partial charge is 0.481 e. The van der Waals surface area contributed by atoms with Gasteiger partial charge in [-0.05, 0) is 31.6 Å². The maximum Gasteiger partial charge on any atom is 0.303 e. The minimum atomic E-state index is -0.788. The number of carboxylic acids is 1. The first-order valence-electron chi connectivity index (χ1n) is 7.36. The summed E-state index contributed by atoms with van der Waals surface area (Å²) in [5.74, 6) is -0.623. The van der Waals surface area contributed by atoms with Gasteiger partial charge in [0.15, 0.2) is 0 Å². The molecule has 0 radical (unpaired) electrons. The Kier molecular flexibility index (Phi) is 4.99. The highest BCUT2D eigenvalue weighted by molar-refractivity contribution is 5.83. The van der Waals surface area contributed by atoms with E-state index >= 15 is 0 Å². The van der Waals surface area contributed by atoms with Crippen molar-refractivity contribution < 1.29 is 19.4 Å². The van der Waals surface area contributed by atoms with Crippen molar-refractivity contribution >= 4 is 11.9 Å². The van der Waals surface area contributed by atoms with Gasteiger partial charge in [0, 0.05) is 39.3 Å². The normalized spacial score (nSPS) is 26.2. The molecule has 0 aromatic carbocycles. The summed E-state index contributed by atoms with van der Waals surface area (Å²) in [6, 6.07) is 0. The second-order valence-electron chi connectivity index (χ2n) is 5.95. The first kappa shape index (κ1) is 15.3. The molecule has 2 aliphatic heterocycles. The number of carboxylic acid groups (broad SMARTS) is 1. The van der Waals surface area contributed by atoms with Crippen molar-refractivity contribution in [3.8, 4) is 0 Å². The minimum absolute atomic E-state index is 0.0693. The van der Waals surface area contributed by atoms with Gasteiger partial charge in [-0.1, -0.05) is 0 Å². The van der Waals surface area contributed by atoms with Crippen molar-refractivity contribution in [1.29, 1.82) is 0 Å². The number of piperidine rings is 1. The van der Waals surface area contributed by atoms with E-state index in [1.165, 1.54) is 0 Å². The SMILES string of the molecule is NCC1(C(=O)N2CCCC(CC(=O)O)C2)CCOCC1. The summed E-state index contributed by atoms with van der Waals surface area (Å²) in [6.45, 7) is 2.77. The van der Waals surface area contributed by atoms with Crippen molar-refractivity contribution in [2.75, 3.05) is 32.8 Å². The molecule has 0 aromatic heterocycles. The molecule has 6 nitrogen and oxygen atoms in total. The van der Waals surface area contributed by atoms with Gasteiger partial charge in [0.1, 0.15) is 0 Å². The van der Waals surface area contributed by atoms with Crippen LogP contribution in [-0.2, 0) is 14.3 Å². The standard InChI is InChI=1S/C14H24N2O4/c15-10-14(3-6-20-7-4-14)13(19)16-5-1-2-11(9-16)8-12(17)18/h11H,1-10,15H2,(H,17,18). The zero-order valence-electron chi connectivity index (χ0n) is 11.8. The fourth-order valence-corrected chi connectivity index (χ4v) is 3.27. The molecule has 2 heterocycles. The second kappa shape index (κ2) is 6.54. The lowest BCUT2D eigenvalue weighted by atomic mass is 9.78. The highest BCUT2D eigenvalue weighted by Gasteiger charge is 2.42. The van der Waals surface area contributed by atoms with Crippen LogP contribution in [0, 0.1) is 11.3 Å². The molecular formula is C14H24N2O4. The second-order valence-corrected chi connectivity index (χ2v) is 5.95. The summed E-state index contributed by atoms with van der Waals surface area (Å²) in [5.41, 5.74) is 5.37. The number of hydrogen-bond acceptors (Lipinski definition) is 4. The van der Waals surface area contributed by atoms with Gasteiger partial charge in [0.05, 0.1) is 5.41 Å². The lowest BCUT2D eigenvalue weighted by molar-refractivity contribution is -0.150. The van der Waals surface area contributed by atoms with Crippen LogP contribution in [0.5, 0.6) is 0 Å². The maximum atomic E-state index is 12.8. The average Bonchev–Trinajstić information content (AvgIpc) is 2.47. The van der Waals surface area contributed by atoms with E-state index in [0.717, 1.165) is 19.4 Å². The number of hydrogen-bond donors (Lipinski definition) is 2. The summed E-state index contributed by atoms with van der Waals surface area (Å²) in [4.78, 5) is 25.4. The third kappa shape index (κ3) is 3.30. The Morgan fingerprint density at radius 2 is 2.05 bits per heavy atom. The number of rotatable bonds is 4. The van der Waals surface area contributed by atoms with Gasteiger partial charge in [-0.25, -0.2) is 0 Å². The van der Waals surface area contributed by atoms with Crippen molar-refractivity contribution in [2.24, 2.45) is 17.1 Å². The monoisotopic (exact) mass is 284 g/mol. The predicted molar refractivity (Wildman–Crippen MR) is 73.1 cm³/mol. The number of nitrogens with zero attached hydrogens (tertiary/aromatic N) is 1. The Bertz CT molecular complexity index is 366. The van der Waals surface area contributed by atoms with E-state index in [2.05, 4.69) is 0 Å². The van der Waals surface area contributed by atoms with Crippen LogP contribution in [0.15, 0.2) is 0 Å². The topological polar surface area (TPSA) is 92.9 Å². The van der Waals surface area contributed by atoms with E-state index < -0.39 is 11.4 Å². The molecule has 2 fully saturated rings. The van der Waals surface area contributed by atoms with Gasteiger partial charge < -0.3 is 20.5 Å². The lowest BCUT2D eigenvalue weighted by Crippen LogP contribution is -2.53. The van der Waals surface area contributed by atoms with E-state index in [0.29, 0.717) is 39.1 Å². The van der Waals surface area contributed by atoms with Gasteiger partial charge in [-0.3, -0.25) is 9.59 Å². The quantitative estimate of drug-likeness (QED) is 0.782. The van der Waals surface area contributed by atoms with Gasteiger partial charge >= 0.3 is 5.97 Å². The molecule has 0 aliphatic carbocycles. The van der Waals surface area contributed by atoms with Gasteiger partial charge in [0.2, 0.25) is 5.91 Å². The average molecular weight is 284 g/mol. The highest BCUT2D eigenvalue weighted by Crippen LogP contribution is 2.33. The van der Waals surface area contributed by atoms with Crippen molar-refractivity contribution in [3.05, 3.63) is 0 Å². The molecule has 2 saturated heterocycles. The summed E-state index contributed by atoms with van der Waals surface area (Å²) in [5, 5.41) is 8.90. The van der Waals surface area contributed by atoms with Crippen LogP contribution in [0.25, 0.3) is 0 Å². The number of aliphatic carboxylic acids is 1. The molecule has 1 unspecified atom stereocenters. The molecule has 6 heteroatoms. The maximum absolute atomic E-state index is 12.8. The molecule has 20 heavy (non-hydrogen) atoms. The molecular weight excluding hydrogens is 260 g/mol. The molecule has 2 aliphatic rings. The fourth-order valence-electron chi connectivity index (χ4n) is 3.27. The zero-order valence-corrected chi connectivity index (χ0v) is 11.8. The molecule has 0 bridgehead atoms. The lowest BCUT2D eigenvalue weighted by Gasteiger charge is -2.41. The third-order valence-electron chi connectivity index (χ3n) is 4.56. The first-order valence-corrected chi connectivity index (χ1v) is 7.36. The van der Waals surface area contributed by atoms with E-state index in [1.807, 2.05) is 4.90 Å². The van der Waals surface area contributed by atoms with Crippen LogP contribution >= 0.6 is 0 Å². The molecule has 1 amide bonds. The number of carbonyl (C=O) groups is 2. The summed E-state index contributed by atoms with van der Waals surface area (Å²) < 4.78 is 5.33. The Labute approximate surface area is 119 Å². The van der Waals surface area contributed by atoms with E-state index in [-0.39, 0.29) is 18.2 Å². The molecule has 114 valence electrons. The Hall–Kier alpha value is -1.14. The summed E-state index contributed by atoms with van der Waals surface area (Å²) in [7, 11) is 0. The predicted octanol–water partition coefficient (Wildman–Crippen LogP) is 0.455. The van der Waals surface area contributed by atoms with Crippen molar-refractivity contribution in [1.82, 2.24) is 4.90 Å². The van der Waals surface area contributed by atoms with Crippen LogP contribution in [-0.4, -0.2) is 54.7 Å². The van der Waals surface area contributed by atoms with Gasteiger partial charge in [-0.2, -0.15) is 0 Å². The van der Waals surface area contributed by atoms with Crippen LogP contribution in [0.1, 0.15) is 32.1 Å². The van der Waals surface area contributed by atoms with Crippen LogP contribution in [0.4, 0.5) is 0 Å². The van der Waals surface area contributed by atoms with Crippen LogP contribution < -0.4 is 5.73 Å². The van der Waals surface area contributed by atoms with Crippen molar-refractivity contribution in [2.45, 2.75) is 32.1 Å². The smallest absolute Gasteiger partial charge is 0.303 e. The van der Waals surface area contributed by atoms with Crippen LogP contribution in [0.2, 0.25) is 0 Å². The number of carbonyl (C=O) groups excluding carboxylic acids is 1. The first-order chi connectivity index (χ1) is 9.57. The van der Waals surface area contributed by atoms with E-state index in [4.69, 9.17) is 15.6 Å². The number of likely N-dealkylation sites (tertiary alicyclic amines) is 1. The summed E-state index contributed by atoms with van der Waals surface area (Å²) in [6.07, 6.45) is 3.24. The minimum Gasteiger partial charge on any atom is -0.481 e. The van der Waals surface area contributed by atoms with Crippen LogP contribution in [0.3, 0.4) is 0 Å². The van der Waals surface area contributed by atoms with Crippen molar-refractivity contribution in [3.63, 3.8) is 0 Å². The molecule has 0 saturated carbocycles. The van der Waals surface area contributed by atoms with E-state index in [1.54, 1.807) is 0 Å².